The minimum atomic E-state index is -1.46. The number of halogens is 3. The van der Waals surface area contributed by atoms with Crippen LogP contribution in [-0.2, 0) is 0 Å². The van der Waals surface area contributed by atoms with Crippen molar-refractivity contribution in [2.45, 2.75) is 84.0 Å². The predicted molar refractivity (Wildman–Crippen MR) is 111 cm³/mol. The number of rotatable bonds is 8. The first kappa shape index (κ1) is 22.2. The lowest BCUT2D eigenvalue weighted by atomic mass is 9.68. The summed E-state index contributed by atoms with van der Waals surface area (Å²) in [5, 5.41) is 0. The van der Waals surface area contributed by atoms with Crippen molar-refractivity contribution in [1.29, 1.82) is 0 Å². The van der Waals surface area contributed by atoms with Gasteiger partial charge in [-0.1, -0.05) is 45.4 Å². The number of ether oxygens (including phenoxy) is 1. The van der Waals surface area contributed by atoms with E-state index in [1.165, 1.54) is 70.5 Å². The van der Waals surface area contributed by atoms with Crippen LogP contribution in [0.4, 0.5) is 13.2 Å². The van der Waals surface area contributed by atoms with E-state index in [-0.39, 0.29) is 5.75 Å². The fourth-order valence-corrected chi connectivity index (χ4v) is 5.27. The fraction of sp³-hybridized carbons (Fsp3) is 0.680. The molecule has 0 bridgehead atoms. The fourth-order valence-electron chi connectivity index (χ4n) is 5.27. The Hall–Kier alpha value is -1.45. The van der Waals surface area contributed by atoms with E-state index in [0.29, 0.717) is 5.92 Å². The Balaban J connectivity index is 1.37. The van der Waals surface area contributed by atoms with Crippen LogP contribution in [0.1, 0.15) is 84.0 Å². The van der Waals surface area contributed by atoms with E-state index < -0.39 is 17.5 Å². The molecule has 2 aliphatic rings. The molecule has 162 valence electrons. The Morgan fingerprint density at radius 3 is 2.03 bits per heavy atom. The molecule has 0 spiro atoms. The number of unbranched alkanes of at least 4 members (excludes halogenated alkanes) is 2. The summed E-state index contributed by atoms with van der Waals surface area (Å²) in [6, 6.07) is 1.75. The van der Waals surface area contributed by atoms with Crippen LogP contribution in [0.25, 0.3) is 0 Å². The maximum absolute atomic E-state index is 13.2. The Morgan fingerprint density at radius 1 is 0.862 bits per heavy atom. The molecule has 2 fully saturated rings. The topological polar surface area (TPSA) is 9.23 Å². The highest BCUT2D eigenvalue weighted by Crippen LogP contribution is 2.42. The van der Waals surface area contributed by atoms with Crippen molar-refractivity contribution >= 4 is 0 Å². The van der Waals surface area contributed by atoms with Crippen molar-refractivity contribution in [3.8, 4) is 5.75 Å². The molecule has 3 rings (SSSR count). The van der Waals surface area contributed by atoms with Crippen LogP contribution in [0, 0.1) is 41.1 Å². The molecule has 29 heavy (non-hydrogen) atoms. The number of benzene rings is 1. The van der Waals surface area contributed by atoms with Crippen LogP contribution in [0.3, 0.4) is 0 Å². The number of allylic oxidation sites excluding steroid dienone is 1. The molecule has 1 aromatic rings. The summed E-state index contributed by atoms with van der Waals surface area (Å²) >= 11 is 0. The van der Waals surface area contributed by atoms with Crippen molar-refractivity contribution in [2.24, 2.45) is 23.7 Å². The Morgan fingerprint density at radius 2 is 1.45 bits per heavy atom. The molecule has 0 radical (unpaired) electrons. The molecule has 0 N–H and O–H groups in total. The summed E-state index contributed by atoms with van der Waals surface area (Å²) in [5.74, 6) is -0.747. The van der Waals surface area contributed by atoms with Crippen molar-refractivity contribution in [3.05, 3.63) is 41.9 Å². The predicted octanol–water partition coefficient (Wildman–Crippen LogP) is 8.19. The summed E-state index contributed by atoms with van der Waals surface area (Å²) < 4.78 is 44.7. The highest BCUT2D eigenvalue weighted by molar-refractivity contribution is 5.25. The van der Waals surface area contributed by atoms with E-state index >= 15 is 0 Å². The number of hydrogen-bond acceptors (Lipinski definition) is 1. The zero-order valence-electron chi connectivity index (χ0n) is 17.6. The standard InChI is InChI=1S/C25H35F3O/c1-2-3-4-5-18-6-10-20(11-7-18)21-12-8-19(9-13-21)14-15-29-22-16-23(26)25(28)24(27)17-22/h14-21H,2-13H2,1H3. The minimum absolute atomic E-state index is 0.0120. The molecule has 0 amide bonds. The first-order valence-electron chi connectivity index (χ1n) is 11.5. The third kappa shape index (κ3) is 6.52. The minimum Gasteiger partial charge on any atom is -0.465 e. The highest BCUT2D eigenvalue weighted by Gasteiger charge is 2.30. The van der Waals surface area contributed by atoms with Crippen LogP contribution in [0.5, 0.6) is 5.75 Å². The van der Waals surface area contributed by atoms with Crippen molar-refractivity contribution in [1.82, 2.24) is 0 Å². The molecule has 4 heteroatoms. The van der Waals surface area contributed by atoms with Gasteiger partial charge in [0, 0.05) is 12.1 Å². The van der Waals surface area contributed by atoms with Gasteiger partial charge in [0.15, 0.2) is 17.5 Å². The summed E-state index contributed by atoms with van der Waals surface area (Å²) in [5.41, 5.74) is 0. The molecule has 2 aliphatic carbocycles. The second-order valence-electron chi connectivity index (χ2n) is 9.10. The van der Waals surface area contributed by atoms with Crippen molar-refractivity contribution in [3.63, 3.8) is 0 Å². The third-order valence-electron chi connectivity index (χ3n) is 7.10. The molecule has 0 unspecified atom stereocenters. The summed E-state index contributed by atoms with van der Waals surface area (Å²) in [4.78, 5) is 0. The van der Waals surface area contributed by atoms with Crippen molar-refractivity contribution < 1.29 is 17.9 Å². The monoisotopic (exact) mass is 408 g/mol. The Kier molecular flexibility index (Phi) is 8.50. The SMILES string of the molecule is CCCCCC1CCC(C2CCC(C=COc3cc(F)c(F)c(F)c3)CC2)CC1. The maximum atomic E-state index is 13.2. The summed E-state index contributed by atoms with van der Waals surface area (Å²) in [7, 11) is 0. The lowest BCUT2D eigenvalue weighted by molar-refractivity contribution is 0.151. The Bertz CT molecular complexity index is 633. The van der Waals surface area contributed by atoms with Gasteiger partial charge in [-0.2, -0.15) is 0 Å². The smallest absolute Gasteiger partial charge is 0.194 e. The van der Waals surface area contributed by atoms with Gasteiger partial charge in [0.1, 0.15) is 5.75 Å². The van der Waals surface area contributed by atoms with E-state index in [1.54, 1.807) is 0 Å². The molecular weight excluding hydrogens is 373 g/mol. The second-order valence-corrected chi connectivity index (χ2v) is 9.10. The molecule has 0 aromatic heterocycles. The molecule has 0 atom stereocenters. The van der Waals surface area contributed by atoms with Gasteiger partial charge in [0.2, 0.25) is 0 Å². The van der Waals surface area contributed by atoms with Crippen LogP contribution in [-0.4, -0.2) is 0 Å². The van der Waals surface area contributed by atoms with Gasteiger partial charge in [-0.3, -0.25) is 0 Å². The first-order valence-corrected chi connectivity index (χ1v) is 11.5. The quantitative estimate of drug-likeness (QED) is 0.239. The first-order chi connectivity index (χ1) is 14.1. The van der Waals surface area contributed by atoms with Crippen molar-refractivity contribution in [2.75, 3.05) is 0 Å². The van der Waals surface area contributed by atoms with Crippen LogP contribution < -0.4 is 4.74 Å². The van der Waals surface area contributed by atoms with E-state index in [9.17, 15) is 13.2 Å². The average molecular weight is 409 g/mol. The number of hydrogen-bond donors (Lipinski definition) is 0. The summed E-state index contributed by atoms with van der Waals surface area (Å²) in [6.45, 7) is 2.27. The molecule has 0 heterocycles. The zero-order valence-corrected chi connectivity index (χ0v) is 17.6. The normalized spacial score (nSPS) is 28.0. The van der Waals surface area contributed by atoms with Gasteiger partial charge in [-0.05, 0) is 68.3 Å². The van der Waals surface area contributed by atoms with E-state index in [4.69, 9.17) is 4.74 Å². The molecule has 0 saturated heterocycles. The lowest BCUT2D eigenvalue weighted by Crippen LogP contribution is -2.25. The second kappa shape index (κ2) is 11.1. The molecular formula is C25H35F3O. The lowest BCUT2D eigenvalue weighted by Gasteiger charge is -2.37. The van der Waals surface area contributed by atoms with Crippen LogP contribution in [0.2, 0.25) is 0 Å². The van der Waals surface area contributed by atoms with Crippen LogP contribution in [0.15, 0.2) is 24.5 Å². The third-order valence-corrected chi connectivity index (χ3v) is 7.10. The van der Waals surface area contributed by atoms with E-state index in [0.717, 1.165) is 42.7 Å². The van der Waals surface area contributed by atoms with Gasteiger partial charge >= 0.3 is 0 Å². The van der Waals surface area contributed by atoms with E-state index in [1.807, 2.05) is 6.08 Å². The largest absolute Gasteiger partial charge is 0.465 e. The zero-order chi connectivity index (χ0) is 20.6. The van der Waals surface area contributed by atoms with Gasteiger partial charge < -0.3 is 4.74 Å². The van der Waals surface area contributed by atoms with Gasteiger partial charge in [-0.25, -0.2) is 13.2 Å². The molecule has 2 saturated carbocycles. The van der Waals surface area contributed by atoms with Gasteiger partial charge in [-0.15, -0.1) is 0 Å². The average Bonchev–Trinajstić information content (AvgIpc) is 2.73. The molecule has 1 aromatic carbocycles. The van der Waals surface area contributed by atoms with Gasteiger partial charge in [0.25, 0.3) is 0 Å². The maximum Gasteiger partial charge on any atom is 0.194 e. The Labute approximate surface area is 173 Å². The van der Waals surface area contributed by atoms with Crippen LogP contribution >= 0.6 is 0 Å². The molecule has 1 nitrogen and oxygen atoms in total. The van der Waals surface area contributed by atoms with Gasteiger partial charge in [0.05, 0.1) is 6.26 Å². The highest BCUT2D eigenvalue weighted by atomic mass is 19.2. The van der Waals surface area contributed by atoms with E-state index in [2.05, 4.69) is 6.92 Å². The molecule has 0 aliphatic heterocycles. The summed E-state index contributed by atoms with van der Waals surface area (Å²) in [6.07, 6.45) is 19.5.